The summed E-state index contributed by atoms with van der Waals surface area (Å²) >= 11 is 13.7. The Labute approximate surface area is 169 Å². The number of aryl methyl sites for hydroxylation is 2. The number of thiophene rings is 1. The van der Waals surface area contributed by atoms with Crippen molar-refractivity contribution in [2.75, 3.05) is 14.2 Å². The zero-order chi connectivity index (χ0) is 18.8. The van der Waals surface area contributed by atoms with Gasteiger partial charge in [0.1, 0.15) is 10.7 Å². The van der Waals surface area contributed by atoms with Crippen molar-refractivity contribution in [2.45, 2.75) is 26.8 Å². The van der Waals surface area contributed by atoms with E-state index in [0.717, 1.165) is 32.6 Å². The summed E-state index contributed by atoms with van der Waals surface area (Å²) in [5, 5.41) is 1.93. The number of hydrogen-bond donors (Lipinski definition) is 0. The molecule has 0 aliphatic carbocycles. The Bertz CT molecular complexity index is 964. The fraction of sp³-hybridized carbons (Fsp3) is 0.286. The predicted octanol–water partition coefficient (Wildman–Crippen LogP) is 6.24. The second-order valence-electron chi connectivity index (χ2n) is 6.36. The minimum atomic E-state index is 0.709. The summed E-state index contributed by atoms with van der Waals surface area (Å²) in [6, 6.07) is 12.4. The fourth-order valence-electron chi connectivity index (χ4n) is 3.04. The summed E-state index contributed by atoms with van der Waals surface area (Å²) in [5.41, 5.74) is 3.60. The summed E-state index contributed by atoms with van der Waals surface area (Å²) in [7, 11) is 3.75. The summed E-state index contributed by atoms with van der Waals surface area (Å²) in [4.78, 5) is 4.09. The van der Waals surface area contributed by atoms with Crippen LogP contribution in [0.1, 0.15) is 28.5 Å². The number of methoxy groups -OCH3 is 1. The number of halogens is 1. The van der Waals surface area contributed by atoms with Crippen molar-refractivity contribution in [3.63, 3.8) is 0 Å². The second kappa shape index (κ2) is 7.95. The molecular weight excluding hydrogens is 382 g/mol. The molecule has 0 atom stereocenters. The first kappa shape index (κ1) is 19.2. The number of fused-ring (bicyclic) bond motifs is 1. The van der Waals surface area contributed by atoms with Crippen LogP contribution < -0.4 is 4.74 Å². The number of thiocarbonyl (C=S) groups is 1. The van der Waals surface area contributed by atoms with Crippen molar-refractivity contribution < 1.29 is 4.74 Å². The van der Waals surface area contributed by atoms with E-state index >= 15 is 0 Å². The molecule has 0 amide bonds. The first-order valence-electron chi connectivity index (χ1n) is 8.54. The van der Waals surface area contributed by atoms with Gasteiger partial charge in [0.05, 0.1) is 12.0 Å². The van der Waals surface area contributed by atoms with E-state index in [1.807, 2.05) is 19.2 Å². The maximum atomic E-state index is 6.15. The Morgan fingerprint density at radius 2 is 2.00 bits per heavy atom. The predicted molar refractivity (Wildman–Crippen MR) is 117 cm³/mol. The average molecular weight is 404 g/mol. The Kier molecular flexibility index (Phi) is 5.86. The monoisotopic (exact) mass is 403 g/mol. The van der Waals surface area contributed by atoms with Crippen molar-refractivity contribution in [1.82, 2.24) is 4.90 Å². The van der Waals surface area contributed by atoms with Crippen LogP contribution in [-0.2, 0) is 13.0 Å². The number of benzene rings is 2. The number of hydrogen-bond acceptors (Lipinski definition) is 3. The van der Waals surface area contributed by atoms with E-state index < -0.39 is 0 Å². The lowest BCUT2D eigenvalue weighted by molar-refractivity contribution is 0.399. The van der Waals surface area contributed by atoms with Crippen LogP contribution in [0.4, 0.5) is 0 Å². The van der Waals surface area contributed by atoms with Crippen LogP contribution in [0.25, 0.3) is 10.1 Å². The topological polar surface area (TPSA) is 12.5 Å². The van der Waals surface area contributed by atoms with Crippen molar-refractivity contribution in [3.05, 3.63) is 63.0 Å². The average Bonchev–Trinajstić information content (AvgIpc) is 2.97. The lowest BCUT2D eigenvalue weighted by Gasteiger charge is -2.21. The van der Waals surface area contributed by atoms with E-state index in [9.17, 15) is 0 Å². The van der Waals surface area contributed by atoms with Crippen LogP contribution in [0.15, 0.2) is 36.4 Å². The molecule has 0 fully saturated rings. The normalized spacial score (nSPS) is 11.0. The molecule has 0 N–H and O–H groups in total. The SMILES string of the molecule is CCc1ccc(CN(C)C(=S)c2sc3ccc(Cl)cc3c2C)c(OC)c1. The van der Waals surface area contributed by atoms with Crippen molar-refractivity contribution in [1.29, 1.82) is 0 Å². The van der Waals surface area contributed by atoms with Crippen LogP contribution in [0.3, 0.4) is 0 Å². The van der Waals surface area contributed by atoms with Gasteiger partial charge in [-0.25, -0.2) is 0 Å². The van der Waals surface area contributed by atoms with Crippen LogP contribution in [-0.4, -0.2) is 24.0 Å². The third-order valence-corrected chi connectivity index (χ3v) is 6.77. The van der Waals surface area contributed by atoms with Crippen molar-refractivity contribution >= 4 is 50.2 Å². The lowest BCUT2D eigenvalue weighted by atomic mass is 10.1. The third kappa shape index (κ3) is 3.73. The maximum absolute atomic E-state index is 6.15. The Morgan fingerprint density at radius 1 is 1.23 bits per heavy atom. The minimum Gasteiger partial charge on any atom is -0.496 e. The van der Waals surface area contributed by atoms with Gasteiger partial charge in [-0.2, -0.15) is 0 Å². The van der Waals surface area contributed by atoms with Gasteiger partial charge in [0.15, 0.2) is 0 Å². The van der Waals surface area contributed by atoms with Crippen molar-refractivity contribution in [3.8, 4) is 5.75 Å². The number of nitrogens with zero attached hydrogens (tertiary/aromatic N) is 1. The molecule has 1 heterocycles. The number of rotatable bonds is 5. The van der Waals surface area contributed by atoms with Crippen LogP contribution >= 0.6 is 35.2 Å². The van der Waals surface area contributed by atoms with E-state index in [1.165, 1.54) is 21.2 Å². The molecule has 0 radical (unpaired) electrons. The van der Waals surface area contributed by atoms with E-state index in [-0.39, 0.29) is 0 Å². The molecule has 3 aromatic rings. The minimum absolute atomic E-state index is 0.709. The van der Waals surface area contributed by atoms with Gasteiger partial charge in [0.25, 0.3) is 0 Å². The van der Waals surface area contributed by atoms with E-state index in [4.69, 9.17) is 28.6 Å². The quantitative estimate of drug-likeness (QED) is 0.467. The molecule has 0 saturated carbocycles. The summed E-state index contributed by atoms with van der Waals surface area (Å²) in [6.07, 6.45) is 0.994. The fourth-order valence-corrected chi connectivity index (χ4v) is 4.74. The molecule has 0 saturated heterocycles. The van der Waals surface area contributed by atoms with Crippen LogP contribution in [0.5, 0.6) is 5.75 Å². The third-order valence-electron chi connectivity index (χ3n) is 4.61. The summed E-state index contributed by atoms with van der Waals surface area (Å²) < 4.78 is 6.79. The molecule has 2 aromatic carbocycles. The first-order chi connectivity index (χ1) is 12.4. The molecule has 0 bridgehead atoms. The molecule has 26 heavy (non-hydrogen) atoms. The molecule has 0 unspecified atom stereocenters. The highest BCUT2D eigenvalue weighted by atomic mass is 35.5. The largest absolute Gasteiger partial charge is 0.496 e. The molecule has 0 spiro atoms. The molecule has 0 aliphatic rings. The number of ether oxygens (including phenoxy) is 1. The Balaban J connectivity index is 1.88. The summed E-state index contributed by atoms with van der Waals surface area (Å²) in [5.74, 6) is 0.916. The zero-order valence-corrected chi connectivity index (χ0v) is 17.8. The van der Waals surface area contributed by atoms with Gasteiger partial charge in [0.2, 0.25) is 0 Å². The smallest absolute Gasteiger partial charge is 0.124 e. The lowest BCUT2D eigenvalue weighted by Crippen LogP contribution is -2.25. The van der Waals surface area contributed by atoms with Gasteiger partial charge in [0, 0.05) is 28.9 Å². The van der Waals surface area contributed by atoms with Gasteiger partial charge < -0.3 is 9.64 Å². The van der Waals surface area contributed by atoms with Gasteiger partial charge in [-0.15, -0.1) is 11.3 Å². The van der Waals surface area contributed by atoms with Crippen LogP contribution in [0, 0.1) is 6.92 Å². The van der Waals surface area contributed by atoms with E-state index in [1.54, 1.807) is 18.4 Å². The standard InChI is InChI=1S/C21H22ClNOS2/c1-5-14-6-7-15(18(10-14)24-4)12-23(3)21(25)20-13(2)17-11-16(22)8-9-19(17)26-20/h6-11H,5,12H2,1-4H3. The van der Waals surface area contributed by atoms with Gasteiger partial charge in [-0.1, -0.05) is 42.9 Å². The molecule has 1 aromatic heterocycles. The second-order valence-corrected chi connectivity index (χ2v) is 8.23. The molecule has 3 rings (SSSR count). The van der Waals surface area contributed by atoms with Gasteiger partial charge >= 0.3 is 0 Å². The highest BCUT2D eigenvalue weighted by Gasteiger charge is 2.17. The molecule has 2 nitrogen and oxygen atoms in total. The molecule has 0 aliphatic heterocycles. The highest BCUT2D eigenvalue weighted by molar-refractivity contribution is 7.81. The Morgan fingerprint density at radius 3 is 2.69 bits per heavy atom. The molecule has 5 heteroatoms. The Hall–Kier alpha value is -1.62. The zero-order valence-electron chi connectivity index (χ0n) is 15.4. The van der Waals surface area contributed by atoms with Gasteiger partial charge in [-0.3, -0.25) is 0 Å². The maximum Gasteiger partial charge on any atom is 0.124 e. The summed E-state index contributed by atoms with van der Waals surface area (Å²) in [6.45, 7) is 4.97. The van der Waals surface area contributed by atoms with Crippen molar-refractivity contribution in [2.24, 2.45) is 0 Å². The highest BCUT2D eigenvalue weighted by Crippen LogP contribution is 2.34. The molecule has 136 valence electrons. The van der Waals surface area contributed by atoms with E-state index in [0.29, 0.717) is 6.54 Å². The van der Waals surface area contributed by atoms with Gasteiger partial charge in [-0.05, 0) is 54.1 Å². The van der Waals surface area contributed by atoms with Crippen LogP contribution in [0.2, 0.25) is 5.02 Å². The first-order valence-corrected chi connectivity index (χ1v) is 10.1. The molecular formula is C21H22ClNOS2. The van der Waals surface area contributed by atoms with E-state index in [2.05, 4.69) is 43.0 Å².